The van der Waals surface area contributed by atoms with Crippen molar-refractivity contribution in [3.63, 3.8) is 0 Å². The topological polar surface area (TPSA) is 72.9 Å². The second-order valence-corrected chi connectivity index (χ2v) is 4.98. The Morgan fingerprint density at radius 1 is 1.10 bits per heavy atom. The van der Waals surface area contributed by atoms with E-state index in [1.807, 2.05) is 6.92 Å². The van der Waals surface area contributed by atoms with Gasteiger partial charge in [0.1, 0.15) is 0 Å². The van der Waals surface area contributed by atoms with E-state index in [1.54, 1.807) is 0 Å². The number of carbonyl (C=O) groups excluding carboxylic acids is 1. The molecule has 1 aliphatic heterocycles. The van der Waals surface area contributed by atoms with Crippen molar-refractivity contribution in [2.24, 2.45) is 0 Å². The lowest BCUT2D eigenvalue weighted by molar-refractivity contribution is -0.138. The van der Waals surface area contributed by atoms with Gasteiger partial charge in [0.05, 0.1) is 6.42 Å². The fourth-order valence-electron chi connectivity index (χ4n) is 1.74. The number of aliphatic carboxylic acids is 1. The van der Waals surface area contributed by atoms with Crippen LogP contribution in [0.4, 0.5) is 0 Å². The molecule has 0 saturated carbocycles. The van der Waals surface area contributed by atoms with Crippen LogP contribution in [0.25, 0.3) is 0 Å². The smallest absolute Gasteiger partial charge is 0.303 e. The predicted octanol–water partition coefficient (Wildman–Crippen LogP) is 0.631. The molecule has 118 valence electrons. The van der Waals surface area contributed by atoms with Crippen molar-refractivity contribution in [3.05, 3.63) is 0 Å². The Labute approximate surface area is 122 Å². The number of amides is 1. The average molecular weight is 287 g/mol. The molecule has 0 unspecified atom stereocenters. The van der Waals surface area contributed by atoms with Gasteiger partial charge in [-0.05, 0) is 20.0 Å². The van der Waals surface area contributed by atoms with Gasteiger partial charge in [0.2, 0.25) is 5.91 Å². The minimum absolute atomic E-state index is 0.0787. The Kier molecular flexibility index (Phi) is 11.0. The summed E-state index contributed by atoms with van der Waals surface area (Å²) in [6, 6.07) is 0. The van der Waals surface area contributed by atoms with Gasteiger partial charge < -0.3 is 20.2 Å². The number of carboxylic acids is 1. The molecule has 6 nitrogen and oxygen atoms in total. The van der Waals surface area contributed by atoms with Crippen LogP contribution in [0.5, 0.6) is 0 Å². The van der Waals surface area contributed by atoms with Crippen molar-refractivity contribution >= 4 is 11.9 Å². The van der Waals surface area contributed by atoms with Crippen molar-refractivity contribution < 1.29 is 14.7 Å². The molecule has 0 aromatic carbocycles. The van der Waals surface area contributed by atoms with Gasteiger partial charge in [0.15, 0.2) is 0 Å². The number of carbonyl (C=O) groups is 2. The molecule has 6 heteroatoms. The van der Waals surface area contributed by atoms with Crippen molar-refractivity contribution in [2.45, 2.75) is 33.1 Å². The Morgan fingerprint density at radius 3 is 2.15 bits per heavy atom. The summed E-state index contributed by atoms with van der Waals surface area (Å²) in [4.78, 5) is 25.6. The molecular formula is C14H29N3O3. The molecule has 0 spiro atoms. The molecule has 0 aromatic rings. The quantitative estimate of drug-likeness (QED) is 0.750. The molecule has 1 amide bonds. The highest BCUT2D eigenvalue weighted by Gasteiger charge is 2.10. The van der Waals surface area contributed by atoms with Gasteiger partial charge in [0.25, 0.3) is 0 Å². The summed E-state index contributed by atoms with van der Waals surface area (Å²) in [5, 5.41) is 10.8. The monoisotopic (exact) mass is 287 g/mol. The molecule has 1 saturated heterocycles. The highest BCUT2D eigenvalue weighted by molar-refractivity contribution is 5.80. The summed E-state index contributed by atoms with van der Waals surface area (Å²) in [5.74, 6) is -1.12. The molecule has 1 fully saturated rings. The second kappa shape index (κ2) is 11.7. The summed E-state index contributed by atoms with van der Waals surface area (Å²) >= 11 is 0. The molecule has 0 aliphatic carbocycles. The molecule has 0 aromatic heterocycles. The van der Waals surface area contributed by atoms with E-state index in [9.17, 15) is 9.59 Å². The number of carboxylic acid groups (broad SMARTS) is 1. The molecule has 0 bridgehead atoms. The van der Waals surface area contributed by atoms with Crippen LogP contribution in [-0.4, -0.2) is 73.1 Å². The maximum atomic E-state index is 10.7. The van der Waals surface area contributed by atoms with Crippen molar-refractivity contribution in [2.75, 3.05) is 46.3 Å². The van der Waals surface area contributed by atoms with Gasteiger partial charge in [-0.3, -0.25) is 9.59 Å². The van der Waals surface area contributed by atoms with E-state index < -0.39 is 5.97 Å². The number of nitrogens with zero attached hydrogens (tertiary/aromatic N) is 2. The average Bonchev–Trinajstić information content (AvgIpc) is 2.44. The summed E-state index contributed by atoms with van der Waals surface area (Å²) in [6.07, 6.45) is 0.865. The molecule has 0 radical (unpaired) electrons. The molecule has 1 aliphatic rings. The molecule has 0 atom stereocenters. The van der Waals surface area contributed by atoms with Crippen LogP contribution in [0.1, 0.15) is 33.1 Å². The lowest BCUT2D eigenvalue weighted by Gasteiger charge is -2.31. The van der Waals surface area contributed by atoms with Gasteiger partial charge >= 0.3 is 5.97 Å². The number of hydrogen-bond donors (Lipinski definition) is 2. The number of nitrogens with one attached hydrogen (secondary N) is 1. The maximum absolute atomic E-state index is 10.7. The van der Waals surface area contributed by atoms with Gasteiger partial charge in [-0.15, -0.1) is 0 Å². The number of likely N-dealkylation sites (N-methyl/N-ethyl adjacent to an activating group) is 2. The van der Waals surface area contributed by atoms with Crippen LogP contribution in [0.3, 0.4) is 0 Å². The zero-order chi connectivity index (χ0) is 15.4. The first-order chi connectivity index (χ1) is 9.49. The van der Waals surface area contributed by atoms with E-state index in [-0.39, 0.29) is 18.7 Å². The van der Waals surface area contributed by atoms with Crippen molar-refractivity contribution in [3.8, 4) is 0 Å². The number of piperazine rings is 1. The van der Waals surface area contributed by atoms with Crippen LogP contribution < -0.4 is 5.32 Å². The van der Waals surface area contributed by atoms with Crippen LogP contribution in [0.15, 0.2) is 0 Å². The zero-order valence-electron chi connectivity index (χ0n) is 13.0. The Morgan fingerprint density at radius 2 is 1.70 bits per heavy atom. The van der Waals surface area contributed by atoms with E-state index in [0.717, 1.165) is 6.42 Å². The predicted molar refractivity (Wildman–Crippen MR) is 79.8 cm³/mol. The molecule has 1 rings (SSSR count). The Hall–Kier alpha value is -1.14. The van der Waals surface area contributed by atoms with Crippen LogP contribution in [0.2, 0.25) is 0 Å². The third-order valence-corrected chi connectivity index (χ3v) is 3.18. The van der Waals surface area contributed by atoms with E-state index >= 15 is 0 Å². The molecule has 2 N–H and O–H groups in total. The zero-order valence-corrected chi connectivity index (χ0v) is 13.0. The normalized spacial score (nSPS) is 16.1. The standard InChI is InChI=1S/C7H16N2.C7H13NO3/c1-3-9-6-4-8(2)5-7-9;1-2-5-8-6(9)3-4-7(10)11/h3-7H2,1-2H3;2-5H2,1H3,(H,8,9)(H,10,11). The van der Waals surface area contributed by atoms with E-state index in [4.69, 9.17) is 5.11 Å². The largest absolute Gasteiger partial charge is 0.481 e. The molecule has 20 heavy (non-hydrogen) atoms. The van der Waals surface area contributed by atoms with Crippen molar-refractivity contribution in [1.82, 2.24) is 15.1 Å². The van der Waals surface area contributed by atoms with Crippen LogP contribution in [0, 0.1) is 0 Å². The SMILES string of the molecule is CCCNC(=O)CCC(=O)O.CCN1CCN(C)CC1. The maximum Gasteiger partial charge on any atom is 0.303 e. The van der Waals surface area contributed by atoms with Gasteiger partial charge in [-0.1, -0.05) is 13.8 Å². The number of rotatable bonds is 6. The van der Waals surface area contributed by atoms with Crippen molar-refractivity contribution in [1.29, 1.82) is 0 Å². The first kappa shape index (κ1) is 18.9. The van der Waals surface area contributed by atoms with E-state index in [2.05, 4.69) is 29.1 Å². The van der Waals surface area contributed by atoms with Crippen LogP contribution >= 0.6 is 0 Å². The minimum Gasteiger partial charge on any atom is -0.481 e. The lowest BCUT2D eigenvalue weighted by Crippen LogP contribution is -2.44. The fourth-order valence-corrected chi connectivity index (χ4v) is 1.74. The summed E-state index contributed by atoms with van der Waals surface area (Å²) in [6.45, 7) is 11.0. The van der Waals surface area contributed by atoms with Crippen LogP contribution in [-0.2, 0) is 9.59 Å². The lowest BCUT2D eigenvalue weighted by atomic mass is 10.3. The van der Waals surface area contributed by atoms with Gasteiger partial charge in [-0.25, -0.2) is 0 Å². The van der Waals surface area contributed by atoms with Gasteiger partial charge in [0, 0.05) is 39.1 Å². The van der Waals surface area contributed by atoms with E-state index in [1.165, 1.54) is 32.7 Å². The Bertz CT molecular complexity index is 277. The highest BCUT2D eigenvalue weighted by Crippen LogP contribution is 1.96. The summed E-state index contributed by atoms with van der Waals surface area (Å²) < 4.78 is 0. The van der Waals surface area contributed by atoms with Gasteiger partial charge in [-0.2, -0.15) is 0 Å². The summed E-state index contributed by atoms with van der Waals surface area (Å²) in [5.41, 5.74) is 0. The first-order valence-corrected chi connectivity index (χ1v) is 7.39. The molecule has 1 heterocycles. The third kappa shape index (κ3) is 10.8. The number of hydrogen-bond acceptors (Lipinski definition) is 4. The highest BCUT2D eigenvalue weighted by atomic mass is 16.4. The fraction of sp³-hybridized carbons (Fsp3) is 0.857. The molecular weight excluding hydrogens is 258 g/mol. The summed E-state index contributed by atoms with van der Waals surface area (Å²) in [7, 11) is 2.19. The minimum atomic E-state index is -0.934. The van der Waals surface area contributed by atoms with E-state index in [0.29, 0.717) is 6.54 Å². The Balaban J connectivity index is 0.000000367. The third-order valence-electron chi connectivity index (χ3n) is 3.18. The first-order valence-electron chi connectivity index (χ1n) is 7.39. The second-order valence-electron chi connectivity index (χ2n) is 4.98.